The molecule has 46 heavy (non-hydrogen) atoms. The molecule has 1 amide bonds. The van der Waals surface area contributed by atoms with Gasteiger partial charge in [0.05, 0.1) is 126 Å². The third kappa shape index (κ3) is 30.7. The molecule has 0 atom stereocenters. The first-order valence-electron chi connectivity index (χ1n) is 16.5. The van der Waals surface area contributed by atoms with Crippen LogP contribution in [0.3, 0.4) is 0 Å². The van der Waals surface area contributed by atoms with Crippen LogP contribution in [-0.4, -0.2) is 145 Å². The van der Waals surface area contributed by atoms with Crippen LogP contribution in [0.25, 0.3) is 0 Å². The third-order valence-corrected chi connectivity index (χ3v) is 5.91. The summed E-state index contributed by atoms with van der Waals surface area (Å²) >= 11 is 0. The lowest BCUT2D eigenvalue weighted by Crippen LogP contribution is -2.15. The average molecular weight is 662 g/mol. The van der Waals surface area contributed by atoms with E-state index in [1.54, 1.807) is 24.3 Å². The lowest BCUT2D eigenvalue weighted by Gasteiger charge is -2.09. The Morgan fingerprint density at radius 2 is 0.761 bits per heavy atom. The standard InChI is InChI=1S/C33H59NO12/c1-3-4-5-10-36-11-12-37-13-14-38-15-16-39-17-18-40-19-20-41-21-22-42-23-24-43-25-26-44-27-28-45-29-30-46-33-8-6-32(7-9-33)34-31(2)35/h6-9H,3-5,10-30H2,1-2H3,(H,34,35). The molecular weight excluding hydrogens is 602 g/mol. The Morgan fingerprint density at radius 3 is 1.07 bits per heavy atom. The zero-order valence-electron chi connectivity index (χ0n) is 28.2. The molecule has 0 heterocycles. The predicted octanol–water partition coefficient (Wildman–Crippen LogP) is 3.38. The number of ether oxygens (including phenoxy) is 11. The van der Waals surface area contributed by atoms with Crippen LogP contribution in [0.2, 0.25) is 0 Å². The van der Waals surface area contributed by atoms with Gasteiger partial charge in [0, 0.05) is 19.2 Å². The minimum Gasteiger partial charge on any atom is -0.491 e. The Kier molecular flexibility index (Phi) is 31.5. The van der Waals surface area contributed by atoms with Gasteiger partial charge in [0.2, 0.25) is 5.91 Å². The number of nitrogens with one attached hydrogen (secondary N) is 1. The van der Waals surface area contributed by atoms with Crippen molar-refractivity contribution in [1.29, 1.82) is 0 Å². The van der Waals surface area contributed by atoms with Crippen LogP contribution in [0.4, 0.5) is 5.69 Å². The molecule has 0 fully saturated rings. The number of carbonyl (C=O) groups excluding carboxylic acids is 1. The average Bonchev–Trinajstić information content (AvgIpc) is 3.05. The first-order chi connectivity index (χ1) is 22.7. The Morgan fingerprint density at radius 1 is 0.457 bits per heavy atom. The Labute approximate surface area is 275 Å². The van der Waals surface area contributed by atoms with E-state index in [4.69, 9.17) is 52.1 Å². The van der Waals surface area contributed by atoms with E-state index in [2.05, 4.69) is 12.2 Å². The summed E-state index contributed by atoms with van der Waals surface area (Å²) < 4.78 is 60.4. The van der Waals surface area contributed by atoms with Crippen LogP contribution < -0.4 is 10.1 Å². The molecule has 1 aromatic rings. The molecule has 0 aromatic heterocycles. The SMILES string of the molecule is CCCCCOCCOCCOCCOCCOCCOCCOCCOCCOCCOCCOc1ccc(NC(C)=O)cc1. The van der Waals surface area contributed by atoms with E-state index in [9.17, 15) is 4.79 Å². The summed E-state index contributed by atoms with van der Waals surface area (Å²) in [4.78, 5) is 11.0. The Balaban J connectivity index is 1.66. The van der Waals surface area contributed by atoms with Gasteiger partial charge in [-0.3, -0.25) is 4.79 Å². The molecular formula is C33H59NO12. The minimum atomic E-state index is -0.106. The Hall–Kier alpha value is -1.91. The van der Waals surface area contributed by atoms with E-state index in [0.29, 0.717) is 132 Å². The molecule has 0 saturated heterocycles. The number of unbranched alkanes of at least 4 members (excludes halogenated alkanes) is 2. The van der Waals surface area contributed by atoms with Crippen molar-refractivity contribution in [3.8, 4) is 5.75 Å². The maximum absolute atomic E-state index is 11.0. The molecule has 0 unspecified atom stereocenters. The maximum atomic E-state index is 11.0. The molecule has 0 aliphatic heterocycles. The topological polar surface area (TPSA) is 131 Å². The van der Waals surface area contributed by atoms with Gasteiger partial charge in [0.1, 0.15) is 12.4 Å². The van der Waals surface area contributed by atoms with E-state index < -0.39 is 0 Å². The zero-order chi connectivity index (χ0) is 33.0. The van der Waals surface area contributed by atoms with Crippen molar-refractivity contribution in [2.24, 2.45) is 0 Å². The summed E-state index contributed by atoms with van der Waals surface area (Å²) in [6, 6.07) is 7.18. The van der Waals surface area contributed by atoms with E-state index in [-0.39, 0.29) is 5.91 Å². The quantitative estimate of drug-likeness (QED) is 0.106. The van der Waals surface area contributed by atoms with Crippen molar-refractivity contribution in [3.05, 3.63) is 24.3 Å². The van der Waals surface area contributed by atoms with Crippen LogP contribution >= 0.6 is 0 Å². The molecule has 1 N–H and O–H groups in total. The van der Waals surface area contributed by atoms with Gasteiger partial charge in [-0.15, -0.1) is 0 Å². The van der Waals surface area contributed by atoms with E-state index >= 15 is 0 Å². The summed E-state index contributed by atoms with van der Waals surface area (Å²) in [6.45, 7) is 14.8. The van der Waals surface area contributed by atoms with E-state index in [0.717, 1.165) is 24.5 Å². The van der Waals surface area contributed by atoms with Crippen LogP contribution in [0, 0.1) is 0 Å². The van der Waals surface area contributed by atoms with Crippen LogP contribution in [0.15, 0.2) is 24.3 Å². The fourth-order valence-corrected chi connectivity index (χ4v) is 3.59. The maximum Gasteiger partial charge on any atom is 0.221 e. The molecule has 13 heteroatoms. The normalized spacial score (nSPS) is 11.3. The second kappa shape index (κ2) is 34.4. The highest BCUT2D eigenvalue weighted by molar-refractivity contribution is 5.88. The summed E-state index contributed by atoms with van der Waals surface area (Å²) in [7, 11) is 0. The third-order valence-electron chi connectivity index (χ3n) is 5.91. The molecule has 0 aliphatic carbocycles. The molecule has 1 rings (SSSR count). The molecule has 0 bridgehead atoms. The van der Waals surface area contributed by atoms with Gasteiger partial charge in [-0.2, -0.15) is 0 Å². The summed E-state index contributed by atoms with van der Waals surface area (Å²) in [5.41, 5.74) is 0.733. The van der Waals surface area contributed by atoms with Gasteiger partial charge < -0.3 is 57.4 Å². The highest BCUT2D eigenvalue weighted by Gasteiger charge is 1.99. The first kappa shape index (κ1) is 42.1. The summed E-state index contributed by atoms with van der Waals surface area (Å²) in [6.07, 6.45) is 3.54. The predicted molar refractivity (Wildman–Crippen MR) is 174 cm³/mol. The number of anilines is 1. The van der Waals surface area contributed by atoms with Crippen LogP contribution in [0.1, 0.15) is 33.1 Å². The zero-order valence-corrected chi connectivity index (χ0v) is 28.2. The van der Waals surface area contributed by atoms with Gasteiger partial charge in [-0.1, -0.05) is 19.8 Å². The van der Waals surface area contributed by atoms with E-state index in [1.807, 2.05) is 0 Å². The minimum absolute atomic E-state index is 0.106. The molecule has 0 aliphatic rings. The van der Waals surface area contributed by atoms with Crippen molar-refractivity contribution in [2.75, 3.05) is 144 Å². The fourth-order valence-electron chi connectivity index (χ4n) is 3.59. The van der Waals surface area contributed by atoms with Crippen LogP contribution in [0.5, 0.6) is 5.75 Å². The number of hydrogen-bond donors (Lipinski definition) is 1. The highest BCUT2D eigenvalue weighted by atomic mass is 16.6. The van der Waals surface area contributed by atoms with Crippen LogP contribution in [-0.2, 0) is 52.2 Å². The number of carbonyl (C=O) groups is 1. The lowest BCUT2D eigenvalue weighted by atomic mass is 10.3. The smallest absolute Gasteiger partial charge is 0.221 e. The van der Waals surface area contributed by atoms with Gasteiger partial charge in [0.15, 0.2) is 0 Å². The number of hydrogen-bond acceptors (Lipinski definition) is 12. The molecule has 13 nitrogen and oxygen atoms in total. The molecule has 0 radical (unpaired) electrons. The molecule has 268 valence electrons. The van der Waals surface area contributed by atoms with Crippen molar-refractivity contribution >= 4 is 11.6 Å². The Bertz CT molecular complexity index is 772. The van der Waals surface area contributed by atoms with Gasteiger partial charge in [-0.05, 0) is 30.7 Å². The number of rotatable bonds is 36. The van der Waals surface area contributed by atoms with E-state index in [1.165, 1.54) is 19.8 Å². The highest BCUT2D eigenvalue weighted by Crippen LogP contribution is 2.15. The number of benzene rings is 1. The largest absolute Gasteiger partial charge is 0.491 e. The first-order valence-corrected chi connectivity index (χ1v) is 16.5. The second-order valence-corrected chi connectivity index (χ2v) is 9.88. The van der Waals surface area contributed by atoms with Crippen molar-refractivity contribution < 1.29 is 56.9 Å². The lowest BCUT2D eigenvalue weighted by molar-refractivity contribution is -0.114. The summed E-state index contributed by atoms with van der Waals surface area (Å²) in [5, 5.41) is 2.71. The second-order valence-electron chi connectivity index (χ2n) is 9.88. The van der Waals surface area contributed by atoms with Gasteiger partial charge in [-0.25, -0.2) is 0 Å². The van der Waals surface area contributed by atoms with Crippen molar-refractivity contribution in [3.63, 3.8) is 0 Å². The fraction of sp³-hybridized carbons (Fsp3) is 0.788. The van der Waals surface area contributed by atoms with Crippen molar-refractivity contribution in [2.45, 2.75) is 33.1 Å². The van der Waals surface area contributed by atoms with Crippen molar-refractivity contribution in [1.82, 2.24) is 0 Å². The monoisotopic (exact) mass is 661 g/mol. The van der Waals surface area contributed by atoms with Gasteiger partial charge in [0.25, 0.3) is 0 Å². The summed E-state index contributed by atoms with van der Waals surface area (Å²) in [5.74, 6) is 0.612. The molecule has 0 spiro atoms. The molecule has 0 saturated carbocycles. The molecule has 1 aromatic carbocycles. The van der Waals surface area contributed by atoms with Gasteiger partial charge >= 0.3 is 0 Å². The number of amides is 1.